The van der Waals surface area contributed by atoms with Crippen LogP contribution in [0.1, 0.15) is 20.0 Å². The quantitative estimate of drug-likeness (QED) is 0.516. The fourth-order valence-corrected chi connectivity index (χ4v) is 3.10. The van der Waals surface area contributed by atoms with Crippen LogP contribution >= 0.6 is 11.3 Å². The van der Waals surface area contributed by atoms with Gasteiger partial charge in [-0.1, -0.05) is 6.07 Å². The second-order valence-electron chi connectivity index (χ2n) is 5.45. The summed E-state index contributed by atoms with van der Waals surface area (Å²) < 4.78 is 0. The van der Waals surface area contributed by atoms with Crippen LogP contribution in [0, 0.1) is 0 Å². The van der Waals surface area contributed by atoms with Gasteiger partial charge in [-0.15, -0.1) is 11.3 Å². The Hall–Kier alpha value is -3.52. The maximum atomic E-state index is 12.5. The molecular formula is C18H13N5O2S. The van der Waals surface area contributed by atoms with Crippen LogP contribution in [0.15, 0.2) is 60.2 Å². The van der Waals surface area contributed by atoms with Gasteiger partial charge in [-0.25, -0.2) is 4.98 Å². The first-order valence-electron chi connectivity index (χ1n) is 7.75. The molecule has 0 bridgehead atoms. The van der Waals surface area contributed by atoms with Gasteiger partial charge in [0.1, 0.15) is 0 Å². The number of hydrogen-bond acceptors (Lipinski definition) is 5. The SMILES string of the molecule is O=C(Nc1ccc(NC(=O)c2ccnc3[nH]ncc23)cc1)c1cccs1. The van der Waals surface area contributed by atoms with E-state index in [0.717, 1.165) is 0 Å². The number of carbonyl (C=O) groups excluding carboxylic acids is 2. The number of H-pyrrole nitrogens is 1. The average molecular weight is 363 g/mol. The minimum absolute atomic E-state index is 0.157. The number of carbonyl (C=O) groups is 2. The Balaban J connectivity index is 1.46. The molecular weight excluding hydrogens is 350 g/mol. The molecule has 0 unspecified atom stereocenters. The zero-order chi connectivity index (χ0) is 17.9. The summed E-state index contributed by atoms with van der Waals surface area (Å²) in [6.45, 7) is 0. The van der Waals surface area contributed by atoms with E-state index >= 15 is 0 Å². The van der Waals surface area contributed by atoms with Crippen LogP contribution < -0.4 is 10.6 Å². The van der Waals surface area contributed by atoms with Gasteiger partial charge < -0.3 is 10.6 Å². The first kappa shape index (κ1) is 16.0. The average Bonchev–Trinajstić information content (AvgIpc) is 3.34. The number of aromatic amines is 1. The molecule has 4 rings (SSSR count). The van der Waals surface area contributed by atoms with Gasteiger partial charge in [0.25, 0.3) is 11.8 Å². The molecule has 3 aromatic heterocycles. The van der Waals surface area contributed by atoms with Crippen molar-refractivity contribution in [1.82, 2.24) is 15.2 Å². The normalized spacial score (nSPS) is 10.6. The highest BCUT2D eigenvalue weighted by Gasteiger charge is 2.12. The number of nitrogens with zero attached hydrogens (tertiary/aromatic N) is 2. The molecule has 1 aromatic carbocycles. The summed E-state index contributed by atoms with van der Waals surface area (Å²) in [6, 6.07) is 12.2. The van der Waals surface area contributed by atoms with Gasteiger partial charge in [0.05, 0.1) is 22.0 Å². The summed E-state index contributed by atoms with van der Waals surface area (Å²) in [4.78, 5) is 29.3. The molecule has 0 atom stereocenters. The van der Waals surface area contributed by atoms with Crippen molar-refractivity contribution >= 4 is 45.6 Å². The number of nitrogens with one attached hydrogen (secondary N) is 3. The van der Waals surface area contributed by atoms with Gasteiger partial charge >= 0.3 is 0 Å². The van der Waals surface area contributed by atoms with Gasteiger partial charge in [0, 0.05) is 17.6 Å². The number of amides is 2. The summed E-state index contributed by atoms with van der Waals surface area (Å²) in [7, 11) is 0. The third-order valence-electron chi connectivity index (χ3n) is 3.74. The molecule has 0 fully saturated rings. The number of rotatable bonds is 4. The Bertz CT molecular complexity index is 1070. The third kappa shape index (κ3) is 3.17. The number of thiophene rings is 1. The van der Waals surface area contributed by atoms with E-state index in [2.05, 4.69) is 25.8 Å². The maximum Gasteiger partial charge on any atom is 0.265 e. The van der Waals surface area contributed by atoms with Crippen molar-refractivity contribution in [3.05, 3.63) is 70.7 Å². The fraction of sp³-hybridized carbons (Fsp3) is 0. The molecule has 0 saturated carbocycles. The standard InChI is InChI=1S/C18H13N5O2S/c24-17(13-7-8-19-16-14(13)10-20-23-16)21-11-3-5-12(6-4-11)22-18(25)15-2-1-9-26-15/h1-10H,(H,21,24)(H,22,25)(H,19,20,23). The smallest absolute Gasteiger partial charge is 0.265 e. The monoisotopic (exact) mass is 363 g/mol. The number of fused-ring (bicyclic) bond motifs is 1. The molecule has 26 heavy (non-hydrogen) atoms. The second kappa shape index (κ2) is 6.77. The van der Waals surface area contributed by atoms with E-state index in [4.69, 9.17) is 0 Å². The van der Waals surface area contributed by atoms with Crippen LogP contribution in [0.4, 0.5) is 11.4 Å². The largest absolute Gasteiger partial charge is 0.322 e. The highest BCUT2D eigenvalue weighted by molar-refractivity contribution is 7.12. The molecule has 128 valence electrons. The predicted octanol–water partition coefficient (Wildman–Crippen LogP) is 3.52. The van der Waals surface area contributed by atoms with Crippen molar-refractivity contribution < 1.29 is 9.59 Å². The maximum absolute atomic E-state index is 12.5. The van der Waals surface area contributed by atoms with Crippen LogP contribution in [0.3, 0.4) is 0 Å². The number of pyridine rings is 1. The van der Waals surface area contributed by atoms with E-state index in [-0.39, 0.29) is 11.8 Å². The second-order valence-corrected chi connectivity index (χ2v) is 6.40. The van der Waals surface area contributed by atoms with E-state index in [1.54, 1.807) is 48.8 Å². The Kier molecular flexibility index (Phi) is 4.16. The molecule has 0 radical (unpaired) electrons. The molecule has 3 heterocycles. The fourth-order valence-electron chi connectivity index (χ4n) is 2.48. The van der Waals surface area contributed by atoms with Crippen molar-refractivity contribution in [2.75, 3.05) is 10.6 Å². The van der Waals surface area contributed by atoms with Gasteiger partial charge in [-0.3, -0.25) is 14.7 Å². The Morgan fingerprint density at radius 3 is 2.38 bits per heavy atom. The summed E-state index contributed by atoms with van der Waals surface area (Å²) in [5.41, 5.74) is 2.32. The summed E-state index contributed by atoms with van der Waals surface area (Å²) in [5.74, 6) is -0.412. The summed E-state index contributed by atoms with van der Waals surface area (Å²) in [5, 5.41) is 14.8. The zero-order valence-electron chi connectivity index (χ0n) is 13.4. The highest BCUT2D eigenvalue weighted by Crippen LogP contribution is 2.19. The molecule has 0 saturated heterocycles. The molecule has 4 aromatic rings. The third-order valence-corrected chi connectivity index (χ3v) is 4.61. The van der Waals surface area contributed by atoms with Crippen molar-refractivity contribution in [1.29, 1.82) is 0 Å². The molecule has 0 spiro atoms. The van der Waals surface area contributed by atoms with E-state index in [1.807, 2.05) is 11.4 Å². The first-order chi connectivity index (χ1) is 12.7. The van der Waals surface area contributed by atoms with Crippen LogP contribution in [-0.2, 0) is 0 Å². The van der Waals surface area contributed by atoms with Crippen LogP contribution in [0.25, 0.3) is 11.0 Å². The minimum atomic E-state index is -0.255. The van der Waals surface area contributed by atoms with E-state index in [0.29, 0.717) is 32.8 Å². The lowest BCUT2D eigenvalue weighted by molar-refractivity contribution is 0.102. The van der Waals surface area contributed by atoms with Crippen molar-refractivity contribution in [2.45, 2.75) is 0 Å². The number of aromatic nitrogens is 3. The molecule has 3 N–H and O–H groups in total. The number of benzene rings is 1. The van der Waals surface area contributed by atoms with Crippen molar-refractivity contribution in [2.24, 2.45) is 0 Å². The van der Waals surface area contributed by atoms with Crippen LogP contribution in [-0.4, -0.2) is 27.0 Å². The minimum Gasteiger partial charge on any atom is -0.322 e. The lowest BCUT2D eigenvalue weighted by Gasteiger charge is -2.08. The molecule has 0 aliphatic heterocycles. The lowest BCUT2D eigenvalue weighted by atomic mass is 10.1. The molecule has 2 amide bonds. The molecule has 7 nitrogen and oxygen atoms in total. The molecule has 0 aliphatic rings. The zero-order valence-corrected chi connectivity index (χ0v) is 14.2. The lowest BCUT2D eigenvalue weighted by Crippen LogP contribution is -2.13. The van der Waals surface area contributed by atoms with E-state index < -0.39 is 0 Å². The first-order valence-corrected chi connectivity index (χ1v) is 8.63. The topological polar surface area (TPSA) is 99.8 Å². The van der Waals surface area contributed by atoms with Gasteiger partial charge in [0.2, 0.25) is 0 Å². The van der Waals surface area contributed by atoms with Gasteiger partial charge in [0.15, 0.2) is 5.65 Å². The molecule has 0 aliphatic carbocycles. The van der Waals surface area contributed by atoms with Crippen molar-refractivity contribution in [3.8, 4) is 0 Å². The Morgan fingerprint density at radius 1 is 0.962 bits per heavy atom. The van der Waals surface area contributed by atoms with E-state index in [1.165, 1.54) is 11.3 Å². The van der Waals surface area contributed by atoms with E-state index in [9.17, 15) is 9.59 Å². The Morgan fingerprint density at radius 2 is 1.69 bits per heavy atom. The number of anilines is 2. The molecule has 8 heteroatoms. The predicted molar refractivity (Wildman–Crippen MR) is 101 cm³/mol. The van der Waals surface area contributed by atoms with Crippen LogP contribution in [0.5, 0.6) is 0 Å². The number of hydrogen-bond donors (Lipinski definition) is 3. The van der Waals surface area contributed by atoms with Crippen LogP contribution in [0.2, 0.25) is 0 Å². The highest BCUT2D eigenvalue weighted by atomic mass is 32.1. The van der Waals surface area contributed by atoms with Gasteiger partial charge in [-0.2, -0.15) is 5.10 Å². The van der Waals surface area contributed by atoms with Gasteiger partial charge in [-0.05, 0) is 41.8 Å². The van der Waals surface area contributed by atoms with Crippen molar-refractivity contribution in [3.63, 3.8) is 0 Å². The summed E-state index contributed by atoms with van der Waals surface area (Å²) >= 11 is 1.38. The Labute approximate surface area is 152 Å². The summed E-state index contributed by atoms with van der Waals surface area (Å²) in [6.07, 6.45) is 3.12.